The van der Waals surface area contributed by atoms with Crippen molar-refractivity contribution in [3.05, 3.63) is 22.7 Å². The number of halogens is 1. The average Bonchev–Trinajstić information content (AvgIpc) is 2.50. The predicted molar refractivity (Wildman–Crippen MR) is 90.8 cm³/mol. The Morgan fingerprint density at radius 1 is 1.36 bits per heavy atom. The van der Waals surface area contributed by atoms with Crippen LogP contribution in [0.2, 0.25) is 5.02 Å². The maximum absolute atomic E-state index is 12.1. The molecule has 2 rings (SSSR count). The third-order valence-corrected chi connectivity index (χ3v) is 4.79. The van der Waals surface area contributed by atoms with E-state index in [2.05, 4.69) is 17.6 Å². The minimum absolute atomic E-state index is 0.0217. The second-order valence-electron chi connectivity index (χ2n) is 6.09. The first-order chi connectivity index (χ1) is 10.5. The molecule has 1 aromatic rings. The Morgan fingerprint density at radius 3 is 2.77 bits per heavy atom. The van der Waals surface area contributed by atoms with Gasteiger partial charge >= 0.3 is 0 Å². The fourth-order valence-corrected chi connectivity index (χ4v) is 3.09. The summed E-state index contributed by atoms with van der Waals surface area (Å²) < 4.78 is 5.30. The molecule has 2 unspecified atom stereocenters. The molecule has 1 fully saturated rings. The molecule has 0 heterocycles. The van der Waals surface area contributed by atoms with Crippen LogP contribution in [0.15, 0.2) is 12.1 Å². The van der Waals surface area contributed by atoms with Gasteiger partial charge in [-0.2, -0.15) is 0 Å². The lowest BCUT2D eigenvalue weighted by atomic mass is 9.86. The molecule has 0 aromatic heterocycles. The van der Waals surface area contributed by atoms with Gasteiger partial charge in [-0.1, -0.05) is 31.4 Å². The maximum atomic E-state index is 12.1. The van der Waals surface area contributed by atoms with Crippen molar-refractivity contribution in [1.29, 1.82) is 0 Å². The number of aryl methyl sites for hydroxylation is 1. The molecule has 1 aromatic carbocycles. The number of methoxy groups -OCH3 is 1. The number of hydrogen-bond acceptors (Lipinski definition) is 3. The molecule has 122 valence electrons. The van der Waals surface area contributed by atoms with Crippen LogP contribution in [0.5, 0.6) is 5.75 Å². The molecule has 0 saturated heterocycles. The zero-order chi connectivity index (χ0) is 16.1. The van der Waals surface area contributed by atoms with Crippen molar-refractivity contribution < 1.29 is 9.53 Å². The molecule has 1 saturated carbocycles. The summed E-state index contributed by atoms with van der Waals surface area (Å²) in [7, 11) is 1.59. The van der Waals surface area contributed by atoms with E-state index < -0.39 is 0 Å². The summed E-state index contributed by atoms with van der Waals surface area (Å²) in [6.45, 7) is 4.38. The van der Waals surface area contributed by atoms with E-state index >= 15 is 0 Å². The van der Waals surface area contributed by atoms with Crippen LogP contribution in [0, 0.1) is 12.8 Å². The van der Waals surface area contributed by atoms with Gasteiger partial charge in [0.25, 0.3) is 0 Å². The predicted octanol–water partition coefficient (Wildman–Crippen LogP) is 3.76. The normalized spacial score (nSPS) is 21.3. The summed E-state index contributed by atoms with van der Waals surface area (Å²) in [6, 6.07) is 3.97. The summed E-state index contributed by atoms with van der Waals surface area (Å²) in [5.41, 5.74) is 1.74. The lowest BCUT2D eigenvalue weighted by Crippen LogP contribution is -2.43. The van der Waals surface area contributed by atoms with E-state index in [1.165, 1.54) is 19.3 Å². The number of amides is 1. The number of carbonyl (C=O) groups excluding carboxylic acids is 1. The van der Waals surface area contributed by atoms with E-state index in [-0.39, 0.29) is 12.5 Å². The number of rotatable bonds is 5. The van der Waals surface area contributed by atoms with Crippen LogP contribution in [0.1, 0.15) is 38.2 Å². The summed E-state index contributed by atoms with van der Waals surface area (Å²) in [5, 5.41) is 6.93. The van der Waals surface area contributed by atoms with Crippen LogP contribution in [-0.4, -0.2) is 25.6 Å². The topological polar surface area (TPSA) is 50.4 Å². The first-order valence-corrected chi connectivity index (χ1v) is 8.26. The van der Waals surface area contributed by atoms with Crippen LogP contribution in [0.25, 0.3) is 0 Å². The second-order valence-corrected chi connectivity index (χ2v) is 6.50. The Hall–Kier alpha value is -1.42. The Labute approximate surface area is 137 Å². The van der Waals surface area contributed by atoms with Gasteiger partial charge in [-0.25, -0.2) is 0 Å². The van der Waals surface area contributed by atoms with Crippen molar-refractivity contribution >= 4 is 23.2 Å². The smallest absolute Gasteiger partial charge is 0.239 e. The highest BCUT2D eigenvalue weighted by molar-refractivity contribution is 6.31. The number of anilines is 1. The van der Waals surface area contributed by atoms with Gasteiger partial charge in [-0.3, -0.25) is 4.79 Å². The number of ether oxygens (including phenoxy) is 1. The molecule has 0 aliphatic heterocycles. The molecule has 22 heavy (non-hydrogen) atoms. The van der Waals surface area contributed by atoms with Crippen molar-refractivity contribution in [2.45, 2.75) is 45.6 Å². The highest BCUT2D eigenvalue weighted by atomic mass is 35.5. The SMILES string of the molecule is COc1cc(Cl)c(C)cc1NCC(=O)NC1CCCCC1C. The highest BCUT2D eigenvalue weighted by Gasteiger charge is 2.22. The first-order valence-electron chi connectivity index (χ1n) is 7.88. The maximum Gasteiger partial charge on any atom is 0.239 e. The molecule has 0 spiro atoms. The van der Waals surface area contributed by atoms with Crippen molar-refractivity contribution in [1.82, 2.24) is 5.32 Å². The molecule has 4 nitrogen and oxygen atoms in total. The fraction of sp³-hybridized carbons (Fsp3) is 0.588. The number of carbonyl (C=O) groups is 1. The Kier molecular flexibility index (Phi) is 5.95. The van der Waals surface area contributed by atoms with Crippen molar-refractivity contribution in [2.75, 3.05) is 19.0 Å². The van der Waals surface area contributed by atoms with E-state index in [0.29, 0.717) is 22.7 Å². The van der Waals surface area contributed by atoms with Gasteiger partial charge in [-0.15, -0.1) is 0 Å². The zero-order valence-corrected chi connectivity index (χ0v) is 14.3. The van der Waals surface area contributed by atoms with E-state index in [9.17, 15) is 4.79 Å². The van der Waals surface area contributed by atoms with Crippen LogP contribution < -0.4 is 15.4 Å². The molecule has 1 amide bonds. The third-order valence-electron chi connectivity index (χ3n) is 4.38. The number of benzene rings is 1. The Balaban J connectivity index is 1.92. The van der Waals surface area contributed by atoms with Gasteiger partial charge in [0.15, 0.2) is 0 Å². The highest BCUT2D eigenvalue weighted by Crippen LogP contribution is 2.30. The molecular weight excluding hydrogens is 300 g/mol. The second kappa shape index (κ2) is 7.73. The Morgan fingerprint density at radius 2 is 2.09 bits per heavy atom. The molecule has 5 heteroatoms. The zero-order valence-electron chi connectivity index (χ0n) is 13.5. The molecule has 2 atom stereocenters. The average molecular weight is 325 g/mol. The summed E-state index contributed by atoms with van der Waals surface area (Å²) >= 11 is 6.09. The lowest BCUT2D eigenvalue weighted by Gasteiger charge is -2.29. The van der Waals surface area contributed by atoms with Gasteiger partial charge < -0.3 is 15.4 Å². The van der Waals surface area contributed by atoms with Crippen molar-refractivity contribution in [2.24, 2.45) is 5.92 Å². The fourth-order valence-electron chi connectivity index (χ4n) is 2.93. The third kappa shape index (κ3) is 4.29. The van der Waals surface area contributed by atoms with E-state index in [0.717, 1.165) is 17.7 Å². The first kappa shape index (κ1) is 16.9. The summed E-state index contributed by atoms with van der Waals surface area (Å²) in [4.78, 5) is 12.1. The Bertz CT molecular complexity index is 534. The minimum Gasteiger partial charge on any atom is -0.495 e. The molecular formula is C17H25ClN2O2. The van der Waals surface area contributed by atoms with E-state index in [1.807, 2.05) is 13.0 Å². The van der Waals surface area contributed by atoms with Crippen molar-refractivity contribution in [3.8, 4) is 5.75 Å². The van der Waals surface area contributed by atoms with Crippen LogP contribution >= 0.6 is 11.6 Å². The number of nitrogens with one attached hydrogen (secondary N) is 2. The minimum atomic E-state index is 0.0217. The molecule has 1 aliphatic rings. The summed E-state index contributed by atoms with van der Waals surface area (Å²) in [6.07, 6.45) is 4.75. The van der Waals surface area contributed by atoms with Crippen LogP contribution in [0.3, 0.4) is 0 Å². The number of hydrogen-bond donors (Lipinski definition) is 2. The monoisotopic (exact) mass is 324 g/mol. The largest absolute Gasteiger partial charge is 0.495 e. The molecule has 1 aliphatic carbocycles. The van der Waals surface area contributed by atoms with Gasteiger partial charge in [0, 0.05) is 17.1 Å². The molecule has 0 bridgehead atoms. The van der Waals surface area contributed by atoms with Gasteiger partial charge in [0.05, 0.1) is 19.3 Å². The molecule has 2 N–H and O–H groups in total. The van der Waals surface area contributed by atoms with Gasteiger partial charge in [0.1, 0.15) is 5.75 Å². The lowest BCUT2D eigenvalue weighted by molar-refractivity contribution is -0.120. The standard InChI is InChI=1S/C17H25ClN2O2/c1-11-6-4-5-7-14(11)20-17(21)10-19-15-8-12(2)13(18)9-16(15)22-3/h8-9,11,14,19H,4-7,10H2,1-3H3,(H,20,21). The van der Waals surface area contributed by atoms with E-state index in [4.69, 9.17) is 16.3 Å². The van der Waals surface area contributed by atoms with Crippen LogP contribution in [0.4, 0.5) is 5.69 Å². The quantitative estimate of drug-likeness (QED) is 0.867. The molecule has 0 radical (unpaired) electrons. The van der Waals surface area contributed by atoms with Gasteiger partial charge in [-0.05, 0) is 37.3 Å². The van der Waals surface area contributed by atoms with Gasteiger partial charge in [0.2, 0.25) is 5.91 Å². The van der Waals surface area contributed by atoms with Crippen LogP contribution in [-0.2, 0) is 4.79 Å². The van der Waals surface area contributed by atoms with E-state index in [1.54, 1.807) is 13.2 Å². The summed E-state index contributed by atoms with van der Waals surface area (Å²) in [5.74, 6) is 1.23. The van der Waals surface area contributed by atoms with Crippen molar-refractivity contribution in [3.63, 3.8) is 0 Å².